The summed E-state index contributed by atoms with van der Waals surface area (Å²) in [4.78, 5) is 2.60. The minimum atomic E-state index is 0.396. The Morgan fingerprint density at radius 1 is 1.12 bits per heavy atom. The number of nitrogens with zero attached hydrogens (tertiary/aromatic N) is 1. The summed E-state index contributed by atoms with van der Waals surface area (Å²) in [5.41, 5.74) is 1.27. The second-order valence-electron chi connectivity index (χ2n) is 7.65. The lowest BCUT2D eigenvalue weighted by atomic mass is 10.0. The van der Waals surface area contributed by atoms with Crippen LogP contribution >= 0.6 is 0 Å². The number of piperidine rings is 1. The molecule has 0 spiro atoms. The molecule has 0 aromatic heterocycles. The third kappa shape index (κ3) is 5.12. The Labute approximate surface area is 146 Å². The highest BCUT2D eigenvalue weighted by molar-refractivity contribution is 5.43. The Bertz CT molecular complexity index is 520. The number of ether oxygens (including phenoxy) is 2. The number of hydrogen-bond acceptors (Lipinski definition) is 4. The molecular weight excluding hydrogens is 300 g/mol. The number of likely N-dealkylation sites (tertiary alicyclic amines) is 1. The lowest BCUT2D eigenvalue weighted by molar-refractivity contribution is 0.179. The second kappa shape index (κ2) is 8.21. The van der Waals surface area contributed by atoms with Gasteiger partial charge in [-0.2, -0.15) is 0 Å². The van der Waals surface area contributed by atoms with Crippen molar-refractivity contribution in [3.05, 3.63) is 23.8 Å². The van der Waals surface area contributed by atoms with Crippen molar-refractivity contribution in [2.24, 2.45) is 5.92 Å². The van der Waals surface area contributed by atoms with Crippen molar-refractivity contribution in [2.45, 2.75) is 58.2 Å². The largest absolute Gasteiger partial charge is 0.493 e. The fourth-order valence-corrected chi connectivity index (χ4v) is 3.39. The van der Waals surface area contributed by atoms with E-state index in [2.05, 4.69) is 36.2 Å². The smallest absolute Gasteiger partial charge is 0.161 e. The molecule has 1 aliphatic carbocycles. The molecule has 1 saturated carbocycles. The first-order chi connectivity index (χ1) is 11.6. The van der Waals surface area contributed by atoms with Gasteiger partial charge in [0, 0.05) is 19.1 Å². The van der Waals surface area contributed by atoms with Gasteiger partial charge in [-0.25, -0.2) is 0 Å². The predicted molar refractivity (Wildman–Crippen MR) is 97.8 cm³/mol. The summed E-state index contributed by atoms with van der Waals surface area (Å²) < 4.78 is 11.4. The van der Waals surface area contributed by atoms with Crippen LogP contribution in [0.15, 0.2) is 18.2 Å². The highest BCUT2D eigenvalue weighted by atomic mass is 16.5. The van der Waals surface area contributed by atoms with Crippen LogP contribution < -0.4 is 14.8 Å². The van der Waals surface area contributed by atoms with E-state index in [9.17, 15) is 0 Å². The van der Waals surface area contributed by atoms with E-state index in [1.165, 1.54) is 50.9 Å². The molecule has 0 bridgehead atoms. The van der Waals surface area contributed by atoms with Gasteiger partial charge in [-0.05, 0) is 62.4 Å². The molecule has 1 heterocycles. The zero-order valence-corrected chi connectivity index (χ0v) is 15.4. The maximum Gasteiger partial charge on any atom is 0.161 e. The van der Waals surface area contributed by atoms with Crippen LogP contribution in [0.3, 0.4) is 0 Å². The summed E-state index contributed by atoms with van der Waals surface area (Å²) in [6.07, 6.45) is 5.22. The molecular formula is C20H32N2O2. The van der Waals surface area contributed by atoms with Gasteiger partial charge in [0.15, 0.2) is 11.5 Å². The van der Waals surface area contributed by atoms with E-state index in [0.29, 0.717) is 12.1 Å². The normalized spacial score (nSPS) is 19.7. The highest BCUT2D eigenvalue weighted by Gasteiger charge is 2.25. The molecule has 1 saturated heterocycles. The van der Waals surface area contributed by atoms with Crippen molar-refractivity contribution in [1.82, 2.24) is 10.2 Å². The minimum Gasteiger partial charge on any atom is -0.493 e. The minimum absolute atomic E-state index is 0.396. The first kappa shape index (κ1) is 17.6. The van der Waals surface area contributed by atoms with Crippen LogP contribution in [0, 0.1) is 5.92 Å². The van der Waals surface area contributed by atoms with Crippen LogP contribution in [0.4, 0.5) is 0 Å². The van der Waals surface area contributed by atoms with Gasteiger partial charge in [0.25, 0.3) is 0 Å². The van der Waals surface area contributed by atoms with Gasteiger partial charge in [-0.15, -0.1) is 0 Å². The molecule has 1 aromatic rings. The van der Waals surface area contributed by atoms with Crippen molar-refractivity contribution in [3.8, 4) is 11.5 Å². The monoisotopic (exact) mass is 332 g/mol. The Hall–Kier alpha value is -1.26. The molecule has 0 unspecified atom stereocenters. The Balaban J connectivity index is 1.48. The molecule has 134 valence electrons. The molecule has 4 heteroatoms. The topological polar surface area (TPSA) is 33.7 Å². The SMILES string of the molecule is COc1ccc(CNC2CCN(CC(C)C)CC2)cc1OC1CC1. The highest BCUT2D eigenvalue weighted by Crippen LogP contribution is 2.34. The van der Waals surface area contributed by atoms with Crippen LogP contribution in [-0.4, -0.2) is 43.8 Å². The predicted octanol–water partition coefficient (Wildman–Crippen LogP) is 3.45. The van der Waals surface area contributed by atoms with Gasteiger partial charge < -0.3 is 19.7 Å². The van der Waals surface area contributed by atoms with E-state index in [0.717, 1.165) is 24.0 Å². The lowest BCUT2D eigenvalue weighted by Gasteiger charge is -2.33. The summed E-state index contributed by atoms with van der Waals surface area (Å²) in [7, 11) is 1.71. The Morgan fingerprint density at radius 3 is 2.50 bits per heavy atom. The molecule has 3 rings (SSSR count). The zero-order valence-electron chi connectivity index (χ0n) is 15.4. The molecule has 4 nitrogen and oxygen atoms in total. The third-order valence-electron chi connectivity index (χ3n) is 4.85. The van der Waals surface area contributed by atoms with E-state index >= 15 is 0 Å². The number of benzene rings is 1. The van der Waals surface area contributed by atoms with Crippen molar-refractivity contribution >= 4 is 0 Å². The van der Waals surface area contributed by atoms with Crippen LogP contribution in [0.1, 0.15) is 45.1 Å². The molecule has 1 aromatic carbocycles. The quantitative estimate of drug-likeness (QED) is 0.790. The van der Waals surface area contributed by atoms with Crippen molar-refractivity contribution in [2.75, 3.05) is 26.7 Å². The number of methoxy groups -OCH3 is 1. The maximum atomic E-state index is 5.97. The molecule has 0 amide bonds. The molecule has 1 N–H and O–H groups in total. The van der Waals surface area contributed by atoms with E-state index < -0.39 is 0 Å². The number of rotatable bonds is 8. The summed E-state index contributed by atoms with van der Waals surface area (Å²) in [6, 6.07) is 6.93. The molecule has 2 aliphatic rings. The van der Waals surface area contributed by atoms with E-state index in [1.807, 2.05) is 6.07 Å². The van der Waals surface area contributed by atoms with Gasteiger partial charge in [-0.1, -0.05) is 19.9 Å². The third-order valence-corrected chi connectivity index (χ3v) is 4.85. The van der Waals surface area contributed by atoms with Gasteiger partial charge in [0.05, 0.1) is 13.2 Å². The van der Waals surface area contributed by atoms with Crippen LogP contribution in [0.2, 0.25) is 0 Å². The zero-order chi connectivity index (χ0) is 16.9. The lowest BCUT2D eigenvalue weighted by Crippen LogP contribution is -2.43. The number of hydrogen-bond donors (Lipinski definition) is 1. The van der Waals surface area contributed by atoms with Gasteiger partial charge in [0.1, 0.15) is 0 Å². The van der Waals surface area contributed by atoms with Crippen molar-refractivity contribution in [1.29, 1.82) is 0 Å². The van der Waals surface area contributed by atoms with Gasteiger partial charge >= 0.3 is 0 Å². The average molecular weight is 332 g/mol. The standard InChI is InChI=1S/C20H32N2O2/c1-15(2)14-22-10-8-17(9-11-22)21-13-16-4-7-19(23-3)20(12-16)24-18-5-6-18/h4,7,12,15,17-18,21H,5-6,8-11,13-14H2,1-3H3. The summed E-state index contributed by atoms with van der Waals surface area (Å²) >= 11 is 0. The van der Waals surface area contributed by atoms with Crippen LogP contribution in [0.5, 0.6) is 11.5 Å². The van der Waals surface area contributed by atoms with E-state index in [4.69, 9.17) is 9.47 Å². The fourth-order valence-electron chi connectivity index (χ4n) is 3.39. The molecule has 0 atom stereocenters. The summed E-state index contributed by atoms with van der Waals surface area (Å²) in [5, 5.41) is 3.72. The molecule has 1 aliphatic heterocycles. The molecule has 2 fully saturated rings. The van der Waals surface area contributed by atoms with E-state index in [-0.39, 0.29) is 0 Å². The van der Waals surface area contributed by atoms with Crippen LogP contribution in [0.25, 0.3) is 0 Å². The second-order valence-corrected chi connectivity index (χ2v) is 7.65. The maximum absolute atomic E-state index is 5.97. The first-order valence-electron chi connectivity index (χ1n) is 9.43. The summed E-state index contributed by atoms with van der Waals surface area (Å²) in [6.45, 7) is 9.17. The molecule has 24 heavy (non-hydrogen) atoms. The van der Waals surface area contributed by atoms with E-state index in [1.54, 1.807) is 7.11 Å². The average Bonchev–Trinajstić information content (AvgIpc) is 3.38. The number of nitrogens with one attached hydrogen (secondary N) is 1. The summed E-state index contributed by atoms with van der Waals surface area (Å²) in [5.74, 6) is 2.50. The van der Waals surface area contributed by atoms with Gasteiger partial charge in [-0.3, -0.25) is 0 Å². The van der Waals surface area contributed by atoms with Crippen LogP contribution in [-0.2, 0) is 6.54 Å². The van der Waals surface area contributed by atoms with Crippen molar-refractivity contribution < 1.29 is 9.47 Å². The van der Waals surface area contributed by atoms with Crippen molar-refractivity contribution in [3.63, 3.8) is 0 Å². The Morgan fingerprint density at radius 2 is 1.88 bits per heavy atom. The Kier molecular flexibility index (Phi) is 6.01. The molecule has 0 radical (unpaired) electrons. The van der Waals surface area contributed by atoms with Gasteiger partial charge in [0.2, 0.25) is 0 Å². The fraction of sp³-hybridized carbons (Fsp3) is 0.700. The first-order valence-corrected chi connectivity index (χ1v) is 9.43.